The number of halogens is 1. The minimum atomic E-state index is 0.813. The Labute approximate surface area is 94.0 Å². The van der Waals surface area contributed by atoms with E-state index in [9.17, 15) is 0 Å². The topological polar surface area (TPSA) is 38.0 Å². The van der Waals surface area contributed by atoms with E-state index in [1.807, 2.05) is 13.1 Å². The highest BCUT2D eigenvalue weighted by Gasteiger charge is 2.05. The number of rotatable bonds is 4. The highest BCUT2D eigenvalue weighted by Crippen LogP contribution is 2.29. The smallest absolute Gasteiger partial charge is 0.0604 e. The Bertz CT molecular complexity index is 310. The Morgan fingerprint density at radius 3 is 2.71 bits per heavy atom. The van der Waals surface area contributed by atoms with Crippen LogP contribution in [0.4, 0.5) is 11.4 Å². The lowest BCUT2D eigenvalue weighted by Gasteiger charge is -2.12. The van der Waals surface area contributed by atoms with Crippen molar-refractivity contribution in [1.29, 1.82) is 0 Å². The summed E-state index contributed by atoms with van der Waals surface area (Å²) in [4.78, 5) is 0. The minimum Gasteiger partial charge on any atom is -0.397 e. The molecule has 0 aliphatic heterocycles. The molecule has 0 aliphatic carbocycles. The molecule has 78 valence electrons. The highest BCUT2D eigenvalue weighted by molar-refractivity contribution is 9.10. The summed E-state index contributed by atoms with van der Waals surface area (Å²) in [6.45, 7) is 2.19. The van der Waals surface area contributed by atoms with E-state index in [0.29, 0.717) is 0 Å². The maximum absolute atomic E-state index is 5.91. The fraction of sp³-hybridized carbons (Fsp3) is 0.455. The molecule has 0 saturated carbocycles. The number of aryl methyl sites for hydroxylation is 1. The predicted molar refractivity (Wildman–Crippen MR) is 66.7 cm³/mol. The van der Waals surface area contributed by atoms with Gasteiger partial charge < -0.3 is 11.1 Å². The van der Waals surface area contributed by atoms with Gasteiger partial charge in [0.15, 0.2) is 0 Å². The zero-order chi connectivity index (χ0) is 10.6. The van der Waals surface area contributed by atoms with Crippen molar-refractivity contribution in [2.24, 2.45) is 0 Å². The average Bonchev–Trinajstić information content (AvgIpc) is 2.14. The van der Waals surface area contributed by atoms with Gasteiger partial charge in [-0.2, -0.15) is 0 Å². The minimum absolute atomic E-state index is 0.813. The van der Waals surface area contributed by atoms with Crippen molar-refractivity contribution < 1.29 is 0 Å². The summed E-state index contributed by atoms with van der Waals surface area (Å²) in [7, 11) is 1.91. The van der Waals surface area contributed by atoms with Crippen LogP contribution in [-0.4, -0.2) is 7.05 Å². The van der Waals surface area contributed by atoms with E-state index < -0.39 is 0 Å². The first-order valence-corrected chi connectivity index (χ1v) is 5.74. The van der Waals surface area contributed by atoms with Gasteiger partial charge in [0, 0.05) is 11.5 Å². The third-order valence-corrected chi connectivity index (χ3v) is 2.72. The average molecular weight is 257 g/mol. The Morgan fingerprint density at radius 1 is 1.43 bits per heavy atom. The third kappa shape index (κ3) is 2.64. The molecule has 1 aromatic rings. The van der Waals surface area contributed by atoms with Crippen LogP contribution in [0.25, 0.3) is 0 Å². The number of benzene rings is 1. The summed E-state index contributed by atoms with van der Waals surface area (Å²) >= 11 is 3.46. The maximum atomic E-state index is 5.91. The monoisotopic (exact) mass is 256 g/mol. The Balaban J connectivity index is 2.99. The van der Waals surface area contributed by atoms with E-state index in [4.69, 9.17) is 5.73 Å². The molecule has 14 heavy (non-hydrogen) atoms. The SMILES string of the molecule is CCCCc1cc(Br)cc(N)c1NC. The normalized spacial score (nSPS) is 10.2. The summed E-state index contributed by atoms with van der Waals surface area (Å²) in [6.07, 6.45) is 3.48. The van der Waals surface area contributed by atoms with E-state index in [0.717, 1.165) is 22.3 Å². The van der Waals surface area contributed by atoms with Crippen molar-refractivity contribution in [3.8, 4) is 0 Å². The van der Waals surface area contributed by atoms with Crippen LogP contribution in [0.3, 0.4) is 0 Å². The van der Waals surface area contributed by atoms with Crippen LogP contribution in [0, 0.1) is 0 Å². The van der Waals surface area contributed by atoms with E-state index >= 15 is 0 Å². The van der Waals surface area contributed by atoms with Gasteiger partial charge in [0.2, 0.25) is 0 Å². The lowest BCUT2D eigenvalue weighted by atomic mass is 10.1. The van der Waals surface area contributed by atoms with E-state index in [2.05, 4.69) is 34.2 Å². The number of hydrogen-bond donors (Lipinski definition) is 2. The van der Waals surface area contributed by atoms with Crippen LogP contribution >= 0.6 is 15.9 Å². The van der Waals surface area contributed by atoms with Crippen LogP contribution in [0.15, 0.2) is 16.6 Å². The quantitative estimate of drug-likeness (QED) is 0.811. The van der Waals surface area contributed by atoms with Gasteiger partial charge in [-0.25, -0.2) is 0 Å². The first-order chi connectivity index (χ1) is 6.69. The van der Waals surface area contributed by atoms with Crippen molar-refractivity contribution in [1.82, 2.24) is 0 Å². The molecule has 0 spiro atoms. The van der Waals surface area contributed by atoms with Crippen molar-refractivity contribution in [2.45, 2.75) is 26.2 Å². The number of nitrogens with one attached hydrogen (secondary N) is 1. The fourth-order valence-electron chi connectivity index (χ4n) is 1.56. The number of nitrogens with two attached hydrogens (primary N) is 1. The van der Waals surface area contributed by atoms with Gasteiger partial charge in [-0.1, -0.05) is 29.3 Å². The molecule has 0 fully saturated rings. The zero-order valence-electron chi connectivity index (χ0n) is 8.73. The second-order valence-corrected chi connectivity index (χ2v) is 4.30. The fourth-order valence-corrected chi connectivity index (χ4v) is 2.08. The summed E-state index contributed by atoms with van der Waals surface area (Å²) in [5.41, 5.74) is 9.09. The molecular weight excluding hydrogens is 240 g/mol. The lowest BCUT2D eigenvalue weighted by Crippen LogP contribution is -2.01. The van der Waals surface area contributed by atoms with Gasteiger partial charge in [-0.05, 0) is 30.5 Å². The predicted octanol–water partition coefficient (Wildman–Crippen LogP) is 3.42. The van der Waals surface area contributed by atoms with Crippen LogP contribution in [0.5, 0.6) is 0 Å². The van der Waals surface area contributed by atoms with Gasteiger partial charge in [0.05, 0.1) is 11.4 Å². The highest BCUT2D eigenvalue weighted by atomic mass is 79.9. The molecule has 0 amide bonds. The second-order valence-electron chi connectivity index (χ2n) is 3.38. The molecule has 1 aromatic carbocycles. The number of nitrogen functional groups attached to an aromatic ring is 1. The van der Waals surface area contributed by atoms with Crippen LogP contribution < -0.4 is 11.1 Å². The molecule has 0 radical (unpaired) electrons. The molecule has 0 atom stereocenters. The van der Waals surface area contributed by atoms with Crippen molar-refractivity contribution in [3.05, 3.63) is 22.2 Å². The molecule has 3 heteroatoms. The van der Waals surface area contributed by atoms with E-state index in [1.165, 1.54) is 18.4 Å². The molecule has 2 nitrogen and oxygen atoms in total. The molecule has 0 saturated heterocycles. The van der Waals surface area contributed by atoms with Crippen LogP contribution in [0.1, 0.15) is 25.3 Å². The molecular formula is C11H17BrN2. The van der Waals surface area contributed by atoms with Crippen molar-refractivity contribution in [2.75, 3.05) is 18.1 Å². The lowest BCUT2D eigenvalue weighted by molar-refractivity contribution is 0.796. The van der Waals surface area contributed by atoms with E-state index in [-0.39, 0.29) is 0 Å². The maximum Gasteiger partial charge on any atom is 0.0604 e. The summed E-state index contributed by atoms with van der Waals surface area (Å²) in [5.74, 6) is 0. The van der Waals surface area contributed by atoms with E-state index in [1.54, 1.807) is 0 Å². The van der Waals surface area contributed by atoms with Gasteiger partial charge in [0.1, 0.15) is 0 Å². The summed E-state index contributed by atoms with van der Waals surface area (Å²) < 4.78 is 1.06. The van der Waals surface area contributed by atoms with Crippen LogP contribution in [-0.2, 0) is 6.42 Å². The number of anilines is 2. The first kappa shape index (κ1) is 11.4. The number of unbranched alkanes of at least 4 members (excludes halogenated alkanes) is 1. The van der Waals surface area contributed by atoms with Gasteiger partial charge in [-0.3, -0.25) is 0 Å². The van der Waals surface area contributed by atoms with Gasteiger partial charge in [-0.15, -0.1) is 0 Å². The molecule has 0 heterocycles. The van der Waals surface area contributed by atoms with Gasteiger partial charge in [0.25, 0.3) is 0 Å². The van der Waals surface area contributed by atoms with Gasteiger partial charge >= 0.3 is 0 Å². The van der Waals surface area contributed by atoms with Crippen molar-refractivity contribution >= 4 is 27.3 Å². The Hall–Kier alpha value is -0.700. The standard InChI is InChI=1S/C11H17BrN2/c1-3-4-5-8-6-9(12)7-10(13)11(8)14-2/h6-7,14H,3-5,13H2,1-2H3. The summed E-state index contributed by atoms with van der Waals surface area (Å²) in [6, 6.07) is 4.07. The second kappa shape index (κ2) is 5.25. The number of hydrogen-bond acceptors (Lipinski definition) is 2. The molecule has 3 N–H and O–H groups in total. The van der Waals surface area contributed by atoms with Crippen LogP contribution in [0.2, 0.25) is 0 Å². The largest absolute Gasteiger partial charge is 0.397 e. The molecule has 0 aromatic heterocycles. The summed E-state index contributed by atoms with van der Waals surface area (Å²) in [5, 5.41) is 3.15. The Kier molecular flexibility index (Phi) is 4.26. The zero-order valence-corrected chi connectivity index (χ0v) is 10.3. The van der Waals surface area contributed by atoms with Crippen molar-refractivity contribution in [3.63, 3.8) is 0 Å². The molecule has 0 bridgehead atoms. The molecule has 0 unspecified atom stereocenters. The third-order valence-electron chi connectivity index (χ3n) is 2.26. The molecule has 0 aliphatic rings. The first-order valence-electron chi connectivity index (χ1n) is 4.94. The molecule has 1 rings (SSSR count). The Morgan fingerprint density at radius 2 is 2.14 bits per heavy atom.